The van der Waals surface area contributed by atoms with Crippen molar-refractivity contribution in [2.75, 3.05) is 6.54 Å². The highest BCUT2D eigenvalue weighted by Gasteiger charge is 2.29. The molecule has 0 bridgehead atoms. The number of benzene rings is 1. The zero-order valence-corrected chi connectivity index (χ0v) is 14.7. The van der Waals surface area contributed by atoms with Crippen molar-refractivity contribution in [2.45, 2.75) is 39.2 Å². The molecule has 1 aliphatic rings. The Hall–Kier alpha value is -2.43. The van der Waals surface area contributed by atoms with Crippen LogP contribution in [0.25, 0.3) is 0 Å². The van der Waals surface area contributed by atoms with Gasteiger partial charge in [0, 0.05) is 24.4 Å². The Morgan fingerprint density at radius 2 is 2.08 bits per heavy atom. The average Bonchev–Trinajstić information content (AvgIpc) is 2.58. The first-order valence-electron chi connectivity index (χ1n) is 8.79. The summed E-state index contributed by atoms with van der Waals surface area (Å²) in [4.78, 5) is 16.7. The second kappa shape index (κ2) is 7.64. The van der Waals surface area contributed by atoms with Crippen molar-refractivity contribution in [2.24, 2.45) is 5.92 Å². The number of nitrogens with one attached hydrogen (secondary N) is 2. The molecule has 2 atom stereocenters. The Kier molecular flexibility index (Phi) is 5.31. The highest BCUT2D eigenvalue weighted by Crippen LogP contribution is 2.35. The van der Waals surface area contributed by atoms with Gasteiger partial charge < -0.3 is 10.6 Å². The molecule has 0 spiro atoms. The fraction of sp³-hybridized carbons (Fsp3) is 0.400. The summed E-state index contributed by atoms with van der Waals surface area (Å²) in [5.41, 5.74) is 3.56. The number of carbonyl (C=O) groups excluding carboxylic acids is 1. The van der Waals surface area contributed by atoms with Crippen molar-refractivity contribution >= 4 is 6.03 Å². The first kappa shape index (κ1) is 17.4. The summed E-state index contributed by atoms with van der Waals surface area (Å²) >= 11 is 0. The van der Waals surface area contributed by atoms with Gasteiger partial charge in [-0.1, -0.05) is 25.1 Å². The third kappa shape index (κ3) is 4.16. The summed E-state index contributed by atoms with van der Waals surface area (Å²) in [6.45, 7) is 4.56. The Morgan fingerprint density at radius 3 is 2.88 bits per heavy atom. The van der Waals surface area contributed by atoms with Gasteiger partial charge in [0.1, 0.15) is 5.82 Å². The maximum absolute atomic E-state index is 14.0. The molecule has 0 saturated heterocycles. The molecule has 2 unspecified atom stereocenters. The molecule has 2 aromatic rings. The van der Waals surface area contributed by atoms with Gasteiger partial charge in [0.15, 0.2) is 0 Å². The molecule has 25 heavy (non-hydrogen) atoms. The van der Waals surface area contributed by atoms with Gasteiger partial charge in [-0.2, -0.15) is 0 Å². The monoisotopic (exact) mass is 341 g/mol. The molecule has 1 aliphatic carbocycles. The number of hydrogen-bond donors (Lipinski definition) is 2. The zero-order valence-electron chi connectivity index (χ0n) is 14.7. The molecular formula is C20H24FN3O. The normalized spacial score (nSPS) is 19.2. The summed E-state index contributed by atoms with van der Waals surface area (Å²) in [6.07, 6.45) is 2.27. The lowest BCUT2D eigenvalue weighted by atomic mass is 9.80. The number of aromatic nitrogens is 1. The molecule has 2 N–H and O–H groups in total. The number of hydrogen-bond acceptors (Lipinski definition) is 2. The van der Waals surface area contributed by atoms with Crippen molar-refractivity contribution in [3.8, 4) is 0 Å². The molecule has 3 rings (SSSR count). The summed E-state index contributed by atoms with van der Waals surface area (Å²) in [7, 11) is 0. The first-order valence-corrected chi connectivity index (χ1v) is 8.79. The van der Waals surface area contributed by atoms with Crippen LogP contribution in [0, 0.1) is 18.7 Å². The lowest BCUT2D eigenvalue weighted by Crippen LogP contribution is -2.42. The van der Waals surface area contributed by atoms with Crippen LogP contribution in [-0.4, -0.2) is 17.6 Å². The molecule has 5 heteroatoms. The summed E-state index contributed by atoms with van der Waals surface area (Å²) in [6, 6.07) is 10.6. The van der Waals surface area contributed by atoms with Crippen LogP contribution in [0.15, 0.2) is 36.4 Å². The van der Waals surface area contributed by atoms with Gasteiger partial charge in [-0.25, -0.2) is 9.18 Å². The molecule has 1 aromatic carbocycles. The van der Waals surface area contributed by atoms with Crippen LogP contribution in [-0.2, 0) is 12.8 Å². The maximum atomic E-state index is 14.0. The van der Waals surface area contributed by atoms with E-state index in [1.54, 1.807) is 6.07 Å². The van der Waals surface area contributed by atoms with Gasteiger partial charge in [0.2, 0.25) is 0 Å². The van der Waals surface area contributed by atoms with Crippen LogP contribution in [0.5, 0.6) is 0 Å². The quantitative estimate of drug-likeness (QED) is 0.891. The van der Waals surface area contributed by atoms with E-state index in [4.69, 9.17) is 0 Å². The van der Waals surface area contributed by atoms with Crippen LogP contribution in [0.1, 0.15) is 41.9 Å². The van der Waals surface area contributed by atoms with Gasteiger partial charge in [0.25, 0.3) is 0 Å². The third-order valence-electron chi connectivity index (χ3n) is 4.81. The van der Waals surface area contributed by atoms with E-state index in [9.17, 15) is 9.18 Å². The van der Waals surface area contributed by atoms with Crippen molar-refractivity contribution in [3.05, 3.63) is 64.7 Å². The largest absolute Gasteiger partial charge is 0.338 e. The maximum Gasteiger partial charge on any atom is 0.315 e. The summed E-state index contributed by atoms with van der Waals surface area (Å²) < 4.78 is 14.0. The molecule has 1 heterocycles. The fourth-order valence-corrected chi connectivity index (χ4v) is 3.43. The van der Waals surface area contributed by atoms with E-state index in [-0.39, 0.29) is 23.8 Å². The molecule has 132 valence electrons. The lowest BCUT2D eigenvalue weighted by molar-refractivity contribution is 0.229. The number of amides is 2. The van der Waals surface area contributed by atoms with Crippen molar-refractivity contribution in [3.63, 3.8) is 0 Å². The number of fused-ring (bicyclic) bond motifs is 1. The number of nitrogens with zero attached hydrogens (tertiary/aromatic N) is 1. The van der Waals surface area contributed by atoms with E-state index in [0.29, 0.717) is 13.0 Å². The van der Waals surface area contributed by atoms with Crippen molar-refractivity contribution in [1.82, 2.24) is 15.6 Å². The zero-order chi connectivity index (χ0) is 17.8. The van der Waals surface area contributed by atoms with E-state index < -0.39 is 0 Å². The summed E-state index contributed by atoms with van der Waals surface area (Å²) in [5, 5.41) is 5.89. The highest BCUT2D eigenvalue weighted by molar-refractivity contribution is 5.74. The number of halogens is 1. The number of rotatable bonds is 4. The Bertz CT molecular complexity index is 762. The van der Waals surface area contributed by atoms with Gasteiger partial charge in [-0.3, -0.25) is 4.98 Å². The van der Waals surface area contributed by atoms with E-state index >= 15 is 0 Å². The average molecular weight is 341 g/mol. The van der Waals surface area contributed by atoms with Crippen molar-refractivity contribution in [1.29, 1.82) is 0 Å². The molecule has 2 amide bonds. The molecular weight excluding hydrogens is 317 g/mol. The third-order valence-corrected chi connectivity index (χ3v) is 4.81. The van der Waals surface area contributed by atoms with Gasteiger partial charge in [-0.05, 0) is 55.0 Å². The summed E-state index contributed by atoms with van der Waals surface area (Å²) in [5.74, 6) is 0.0978. The Labute approximate surface area is 147 Å². The molecule has 1 aromatic heterocycles. The van der Waals surface area contributed by atoms with Gasteiger partial charge >= 0.3 is 6.03 Å². The number of urea groups is 1. The SMILES string of the molecule is Cc1cccc(CCNC(=O)NC2c3cccc(F)c3CCC2C)n1. The fourth-order valence-electron chi connectivity index (χ4n) is 3.43. The predicted molar refractivity (Wildman–Crippen MR) is 95.8 cm³/mol. The minimum atomic E-state index is -0.221. The second-order valence-electron chi connectivity index (χ2n) is 6.72. The van der Waals surface area contributed by atoms with Crippen LogP contribution in [0.3, 0.4) is 0 Å². The molecule has 4 nitrogen and oxygen atoms in total. The van der Waals surface area contributed by atoms with Crippen LogP contribution < -0.4 is 10.6 Å². The van der Waals surface area contributed by atoms with Crippen LogP contribution in [0.4, 0.5) is 9.18 Å². The first-order chi connectivity index (χ1) is 12.0. The van der Waals surface area contributed by atoms with Crippen LogP contribution in [0.2, 0.25) is 0 Å². The van der Waals surface area contributed by atoms with E-state index in [2.05, 4.69) is 22.5 Å². The minimum absolute atomic E-state index is 0.156. The molecule has 0 aliphatic heterocycles. The van der Waals surface area contributed by atoms with Crippen LogP contribution >= 0.6 is 0 Å². The standard InChI is InChI=1S/C20H24FN3O/c1-13-9-10-16-17(7-4-8-18(16)21)19(13)24-20(25)22-12-11-15-6-3-5-14(2)23-15/h3-8,13,19H,9-12H2,1-2H3,(H2,22,24,25). The Morgan fingerprint density at radius 1 is 1.28 bits per heavy atom. The van der Waals surface area contributed by atoms with E-state index in [0.717, 1.165) is 35.4 Å². The van der Waals surface area contributed by atoms with E-state index in [1.807, 2.05) is 31.2 Å². The highest BCUT2D eigenvalue weighted by atomic mass is 19.1. The number of carbonyl (C=O) groups is 1. The van der Waals surface area contributed by atoms with E-state index in [1.165, 1.54) is 6.07 Å². The molecule has 0 fully saturated rings. The predicted octanol–water partition coefficient (Wildman–Crippen LogP) is 3.69. The molecule has 0 radical (unpaired) electrons. The second-order valence-corrected chi connectivity index (χ2v) is 6.72. The minimum Gasteiger partial charge on any atom is -0.338 e. The smallest absolute Gasteiger partial charge is 0.315 e. The van der Waals surface area contributed by atoms with Crippen molar-refractivity contribution < 1.29 is 9.18 Å². The topological polar surface area (TPSA) is 54.0 Å². The number of aryl methyl sites for hydroxylation is 1. The Balaban J connectivity index is 1.58. The number of pyridine rings is 1. The molecule has 0 saturated carbocycles. The van der Waals surface area contributed by atoms with Gasteiger partial charge in [-0.15, -0.1) is 0 Å². The van der Waals surface area contributed by atoms with Gasteiger partial charge in [0.05, 0.1) is 6.04 Å². The lowest BCUT2D eigenvalue weighted by Gasteiger charge is -2.32.